The van der Waals surface area contributed by atoms with E-state index in [2.05, 4.69) is 20.5 Å². The predicted octanol–water partition coefficient (Wildman–Crippen LogP) is 2.64. The Bertz CT molecular complexity index is 727. The fraction of sp³-hybridized carbons (Fsp3) is 0.652. The van der Waals surface area contributed by atoms with Crippen molar-refractivity contribution in [3.63, 3.8) is 0 Å². The van der Waals surface area contributed by atoms with E-state index in [0.717, 1.165) is 44.0 Å². The minimum atomic E-state index is -0.462. The summed E-state index contributed by atoms with van der Waals surface area (Å²) in [5, 5.41) is 6.64. The first-order valence-corrected chi connectivity index (χ1v) is 11.2. The zero-order valence-electron chi connectivity index (χ0n) is 20.1. The lowest BCUT2D eigenvalue weighted by Gasteiger charge is -2.35. The smallest absolute Gasteiger partial charge is 0.410 e. The molecule has 0 unspecified atom stereocenters. The SMILES string of the molecule is CN=C(NCCN1CCN(C(=O)OC(C)(C)C)CC1)Nc1cccc(OCCCOC)c1. The number of nitrogens with one attached hydrogen (secondary N) is 2. The molecule has 1 fully saturated rings. The number of guanidine groups is 1. The van der Waals surface area contributed by atoms with Crippen LogP contribution in [0.3, 0.4) is 0 Å². The van der Waals surface area contributed by atoms with E-state index in [1.54, 1.807) is 19.1 Å². The van der Waals surface area contributed by atoms with Gasteiger partial charge in [0.05, 0.1) is 6.61 Å². The Hall–Kier alpha value is -2.52. The second-order valence-electron chi connectivity index (χ2n) is 8.66. The fourth-order valence-corrected chi connectivity index (χ4v) is 3.19. The summed E-state index contributed by atoms with van der Waals surface area (Å²) < 4.78 is 16.2. The molecule has 0 saturated carbocycles. The zero-order chi connectivity index (χ0) is 23.4. The largest absolute Gasteiger partial charge is 0.493 e. The molecular formula is C23H39N5O4. The molecule has 0 spiro atoms. The van der Waals surface area contributed by atoms with E-state index in [1.165, 1.54) is 0 Å². The van der Waals surface area contributed by atoms with Crippen molar-refractivity contribution in [3.8, 4) is 5.75 Å². The standard InChI is InChI=1S/C23H39N5O4/c1-23(2,3)32-22(29)28-14-12-27(13-15-28)11-10-25-21(24-4)26-19-8-6-9-20(18-19)31-17-7-16-30-5/h6,8-9,18H,7,10-17H2,1-5H3,(H2,24,25,26). The Balaban J connectivity index is 1.70. The average molecular weight is 450 g/mol. The number of hydrogen-bond acceptors (Lipinski definition) is 6. The van der Waals surface area contributed by atoms with Crippen molar-refractivity contribution in [2.24, 2.45) is 4.99 Å². The van der Waals surface area contributed by atoms with Gasteiger partial charge in [0, 0.05) is 78.2 Å². The molecule has 0 aromatic heterocycles. The topological polar surface area (TPSA) is 87.7 Å². The second kappa shape index (κ2) is 13.1. The van der Waals surface area contributed by atoms with Gasteiger partial charge in [-0.3, -0.25) is 9.89 Å². The number of aliphatic imine (C=N–C) groups is 1. The number of ether oxygens (including phenoxy) is 3. The number of rotatable bonds is 9. The molecule has 0 aliphatic carbocycles. The summed E-state index contributed by atoms with van der Waals surface area (Å²) in [6.45, 7) is 11.6. The van der Waals surface area contributed by atoms with Gasteiger partial charge in [0.1, 0.15) is 11.4 Å². The van der Waals surface area contributed by atoms with Gasteiger partial charge in [0.15, 0.2) is 5.96 Å². The van der Waals surface area contributed by atoms with Crippen LogP contribution in [-0.2, 0) is 9.47 Å². The fourth-order valence-electron chi connectivity index (χ4n) is 3.19. The first kappa shape index (κ1) is 25.7. The van der Waals surface area contributed by atoms with Crippen molar-refractivity contribution >= 4 is 17.7 Å². The summed E-state index contributed by atoms with van der Waals surface area (Å²) in [5.74, 6) is 1.51. The van der Waals surface area contributed by atoms with Crippen molar-refractivity contribution in [3.05, 3.63) is 24.3 Å². The van der Waals surface area contributed by atoms with Crippen LogP contribution >= 0.6 is 0 Å². The summed E-state index contributed by atoms with van der Waals surface area (Å²) >= 11 is 0. The van der Waals surface area contributed by atoms with Crippen LogP contribution in [0.15, 0.2) is 29.3 Å². The monoisotopic (exact) mass is 449 g/mol. The van der Waals surface area contributed by atoms with Crippen LogP contribution in [0.5, 0.6) is 5.75 Å². The summed E-state index contributed by atoms with van der Waals surface area (Å²) in [6, 6.07) is 7.82. The molecule has 0 atom stereocenters. The Morgan fingerprint density at radius 1 is 1.16 bits per heavy atom. The molecule has 180 valence electrons. The van der Waals surface area contributed by atoms with Crippen molar-refractivity contribution in [1.29, 1.82) is 0 Å². The van der Waals surface area contributed by atoms with Crippen LogP contribution in [0, 0.1) is 0 Å². The number of methoxy groups -OCH3 is 1. The van der Waals surface area contributed by atoms with Gasteiger partial charge in [0.2, 0.25) is 0 Å². The molecule has 1 aliphatic rings. The molecule has 1 saturated heterocycles. The number of carbonyl (C=O) groups excluding carboxylic acids is 1. The summed E-state index contributed by atoms with van der Waals surface area (Å²) in [5.41, 5.74) is 0.449. The van der Waals surface area contributed by atoms with Gasteiger partial charge in [-0.2, -0.15) is 0 Å². The number of benzene rings is 1. The third-order valence-corrected chi connectivity index (χ3v) is 4.83. The highest BCUT2D eigenvalue weighted by Crippen LogP contribution is 2.17. The lowest BCUT2D eigenvalue weighted by atomic mass is 10.2. The number of carbonyl (C=O) groups is 1. The van der Waals surface area contributed by atoms with Crippen LogP contribution in [0.1, 0.15) is 27.2 Å². The first-order chi connectivity index (χ1) is 15.3. The average Bonchev–Trinajstić information content (AvgIpc) is 2.75. The third-order valence-electron chi connectivity index (χ3n) is 4.83. The predicted molar refractivity (Wildman–Crippen MR) is 128 cm³/mol. The van der Waals surface area contributed by atoms with Crippen molar-refractivity contribution in [2.75, 3.05) is 72.0 Å². The molecule has 1 heterocycles. The molecular weight excluding hydrogens is 410 g/mol. The van der Waals surface area contributed by atoms with Gasteiger partial charge >= 0.3 is 6.09 Å². The summed E-state index contributed by atoms with van der Waals surface area (Å²) in [7, 11) is 3.44. The normalized spacial score (nSPS) is 15.4. The number of anilines is 1. The van der Waals surface area contributed by atoms with E-state index < -0.39 is 5.60 Å². The van der Waals surface area contributed by atoms with Crippen LogP contribution in [0.2, 0.25) is 0 Å². The summed E-state index contributed by atoms with van der Waals surface area (Å²) in [6.07, 6.45) is 0.619. The maximum absolute atomic E-state index is 12.2. The Kier molecular flexibility index (Phi) is 10.6. The Labute approximate surface area is 192 Å². The zero-order valence-corrected chi connectivity index (χ0v) is 20.1. The van der Waals surface area contributed by atoms with Gasteiger partial charge in [-0.1, -0.05) is 6.07 Å². The molecule has 0 radical (unpaired) electrons. The first-order valence-electron chi connectivity index (χ1n) is 11.2. The van der Waals surface area contributed by atoms with Crippen LogP contribution in [0.25, 0.3) is 0 Å². The van der Waals surface area contributed by atoms with Crippen LogP contribution in [0.4, 0.5) is 10.5 Å². The number of amides is 1. The van der Waals surface area contributed by atoms with E-state index in [1.807, 2.05) is 45.0 Å². The lowest BCUT2D eigenvalue weighted by Crippen LogP contribution is -2.51. The van der Waals surface area contributed by atoms with Gasteiger partial charge < -0.3 is 29.7 Å². The van der Waals surface area contributed by atoms with E-state index in [4.69, 9.17) is 14.2 Å². The van der Waals surface area contributed by atoms with Gasteiger partial charge in [0.25, 0.3) is 0 Å². The molecule has 32 heavy (non-hydrogen) atoms. The second-order valence-corrected chi connectivity index (χ2v) is 8.66. The van der Waals surface area contributed by atoms with Gasteiger partial charge in [-0.25, -0.2) is 4.79 Å². The highest BCUT2D eigenvalue weighted by molar-refractivity contribution is 5.93. The Morgan fingerprint density at radius 2 is 1.91 bits per heavy atom. The van der Waals surface area contributed by atoms with E-state index >= 15 is 0 Å². The van der Waals surface area contributed by atoms with Gasteiger partial charge in [-0.15, -0.1) is 0 Å². The van der Waals surface area contributed by atoms with E-state index in [-0.39, 0.29) is 6.09 Å². The third kappa shape index (κ3) is 9.74. The van der Waals surface area contributed by atoms with Crippen molar-refractivity contribution in [2.45, 2.75) is 32.8 Å². The maximum atomic E-state index is 12.2. The number of hydrogen-bond donors (Lipinski definition) is 2. The van der Waals surface area contributed by atoms with Crippen LogP contribution < -0.4 is 15.4 Å². The molecule has 1 aromatic carbocycles. The molecule has 2 N–H and O–H groups in total. The minimum absolute atomic E-state index is 0.232. The highest BCUT2D eigenvalue weighted by Gasteiger charge is 2.25. The number of nitrogens with zero attached hydrogens (tertiary/aromatic N) is 3. The van der Waals surface area contributed by atoms with Crippen molar-refractivity contribution < 1.29 is 19.0 Å². The lowest BCUT2D eigenvalue weighted by molar-refractivity contribution is 0.0147. The molecule has 1 aliphatic heterocycles. The maximum Gasteiger partial charge on any atom is 0.410 e. The molecule has 0 bridgehead atoms. The van der Waals surface area contributed by atoms with E-state index in [9.17, 15) is 4.79 Å². The molecule has 1 aromatic rings. The van der Waals surface area contributed by atoms with E-state index in [0.29, 0.717) is 32.3 Å². The Morgan fingerprint density at radius 3 is 2.56 bits per heavy atom. The molecule has 9 heteroatoms. The minimum Gasteiger partial charge on any atom is -0.493 e. The highest BCUT2D eigenvalue weighted by atomic mass is 16.6. The van der Waals surface area contributed by atoms with Gasteiger partial charge in [-0.05, 0) is 32.9 Å². The van der Waals surface area contributed by atoms with Crippen molar-refractivity contribution in [1.82, 2.24) is 15.1 Å². The van der Waals surface area contributed by atoms with Crippen LogP contribution in [-0.4, -0.2) is 94.1 Å². The summed E-state index contributed by atoms with van der Waals surface area (Å²) in [4.78, 5) is 20.6. The quantitative estimate of drug-likeness (QED) is 0.340. The molecule has 9 nitrogen and oxygen atoms in total. The molecule has 1 amide bonds. The number of piperazine rings is 1. The molecule has 2 rings (SSSR count).